The molecule has 2 aliphatic rings. The van der Waals surface area contributed by atoms with Crippen molar-refractivity contribution in [1.82, 2.24) is 9.88 Å². The minimum Gasteiger partial charge on any atom is -0.497 e. The fourth-order valence-corrected chi connectivity index (χ4v) is 4.17. The summed E-state index contributed by atoms with van der Waals surface area (Å²) >= 11 is 0. The first-order valence-electron chi connectivity index (χ1n) is 10.8. The van der Waals surface area contributed by atoms with Crippen LogP contribution in [0.1, 0.15) is 10.4 Å². The van der Waals surface area contributed by atoms with Crippen molar-refractivity contribution in [2.24, 2.45) is 0 Å². The number of methoxy groups -OCH3 is 1. The van der Waals surface area contributed by atoms with Crippen LogP contribution in [-0.4, -0.2) is 61.5 Å². The van der Waals surface area contributed by atoms with E-state index in [9.17, 15) is 9.59 Å². The Bertz CT molecular complexity index is 1190. The van der Waals surface area contributed by atoms with E-state index in [-0.39, 0.29) is 24.2 Å². The molecule has 0 N–H and O–H groups in total. The molecule has 3 aromatic rings. The quantitative estimate of drug-likeness (QED) is 0.615. The number of fused-ring (bicyclic) bond motifs is 2. The number of benzene rings is 2. The molecular weight excluding hydrogens is 420 g/mol. The van der Waals surface area contributed by atoms with Crippen molar-refractivity contribution in [1.29, 1.82) is 0 Å². The van der Waals surface area contributed by atoms with Gasteiger partial charge in [0.15, 0.2) is 5.75 Å². The van der Waals surface area contributed by atoms with Crippen molar-refractivity contribution < 1.29 is 19.1 Å². The van der Waals surface area contributed by atoms with Crippen LogP contribution in [0.15, 0.2) is 66.9 Å². The van der Waals surface area contributed by atoms with E-state index in [1.807, 2.05) is 41.3 Å². The van der Waals surface area contributed by atoms with E-state index in [0.717, 1.165) is 11.4 Å². The van der Waals surface area contributed by atoms with Crippen LogP contribution < -0.4 is 19.3 Å². The summed E-state index contributed by atoms with van der Waals surface area (Å²) in [4.78, 5) is 36.3. The van der Waals surface area contributed by atoms with Crippen LogP contribution in [0, 0.1) is 0 Å². The maximum absolute atomic E-state index is 13.3. The van der Waals surface area contributed by atoms with Crippen molar-refractivity contribution in [3.63, 3.8) is 0 Å². The van der Waals surface area contributed by atoms with Gasteiger partial charge in [0.2, 0.25) is 11.8 Å². The van der Waals surface area contributed by atoms with E-state index in [4.69, 9.17) is 9.47 Å². The van der Waals surface area contributed by atoms with E-state index in [1.165, 1.54) is 4.90 Å². The van der Waals surface area contributed by atoms with E-state index in [1.54, 1.807) is 37.6 Å². The predicted molar refractivity (Wildman–Crippen MR) is 124 cm³/mol. The third kappa shape index (κ3) is 4.07. The van der Waals surface area contributed by atoms with Gasteiger partial charge in [-0.05, 0) is 36.4 Å². The maximum Gasteiger partial charge on any atom is 0.264 e. The Morgan fingerprint density at radius 2 is 1.85 bits per heavy atom. The van der Waals surface area contributed by atoms with Gasteiger partial charge < -0.3 is 19.3 Å². The molecule has 1 saturated heterocycles. The van der Waals surface area contributed by atoms with Crippen molar-refractivity contribution in [2.75, 3.05) is 49.6 Å². The number of pyridine rings is 1. The molecule has 168 valence electrons. The van der Waals surface area contributed by atoms with Gasteiger partial charge in [-0.1, -0.05) is 18.2 Å². The molecule has 8 heteroatoms. The Balaban J connectivity index is 1.32. The van der Waals surface area contributed by atoms with E-state index >= 15 is 0 Å². The third-order valence-corrected chi connectivity index (χ3v) is 5.95. The molecule has 0 bridgehead atoms. The van der Waals surface area contributed by atoms with Gasteiger partial charge >= 0.3 is 0 Å². The zero-order chi connectivity index (χ0) is 22.8. The molecule has 8 nitrogen and oxygen atoms in total. The fraction of sp³-hybridized carbons (Fsp3) is 0.240. The first kappa shape index (κ1) is 20.8. The van der Waals surface area contributed by atoms with Crippen LogP contribution in [-0.2, 0) is 4.79 Å². The lowest BCUT2D eigenvalue weighted by atomic mass is 10.2. The molecule has 1 fully saturated rings. The van der Waals surface area contributed by atoms with Crippen LogP contribution in [0.25, 0.3) is 0 Å². The number of rotatable bonds is 4. The van der Waals surface area contributed by atoms with Crippen LogP contribution in [0.4, 0.5) is 11.4 Å². The minimum atomic E-state index is -0.300. The smallest absolute Gasteiger partial charge is 0.264 e. The Morgan fingerprint density at radius 3 is 2.67 bits per heavy atom. The minimum absolute atomic E-state index is 0.0628. The maximum atomic E-state index is 13.3. The van der Waals surface area contributed by atoms with Crippen molar-refractivity contribution in [3.8, 4) is 17.4 Å². The van der Waals surface area contributed by atoms with Crippen LogP contribution in [0.2, 0.25) is 0 Å². The summed E-state index contributed by atoms with van der Waals surface area (Å²) in [5.74, 6) is 1.15. The first-order valence-corrected chi connectivity index (χ1v) is 10.8. The molecule has 2 aromatic carbocycles. The first-order chi connectivity index (χ1) is 16.1. The molecule has 5 rings (SSSR count). The van der Waals surface area contributed by atoms with Gasteiger partial charge in [0.05, 0.1) is 12.8 Å². The zero-order valence-corrected chi connectivity index (χ0v) is 18.3. The summed E-state index contributed by atoms with van der Waals surface area (Å²) in [6.07, 6.45) is 1.58. The van der Waals surface area contributed by atoms with Crippen LogP contribution in [0.5, 0.6) is 17.4 Å². The van der Waals surface area contributed by atoms with E-state index in [2.05, 4.69) is 9.88 Å². The molecule has 0 aliphatic carbocycles. The standard InChI is InChI=1S/C25H24N4O4/c1-32-19-7-4-6-18(16-19)27-12-14-28(15-13-27)23(30)17-29-21-9-2-3-10-22(21)33-24-20(25(29)31)8-5-11-26-24/h2-11,16H,12-15,17H2,1H3. The van der Waals surface area contributed by atoms with Gasteiger partial charge in [-0.25, -0.2) is 4.98 Å². The molecule has 0 spiro atoms. The highest BCUT2D eigenvalue weighted by atomic mass is 16.5. The van der Waals surface area contributed by atoms with Gasteiger partial charge in [0.25, 0.3) is 5.91 Å². The number of ether oxygens (including phenoxy) is 2. The second kappa shape index (κ2) is 8.82. The van der Waals surface area contributed by atoms with Gasteiger partial charge in [-0.2, -0.15) is 0 Å². The molecule has 0 saturated carbocycles. The van der Waals surface area contributed by atoms with Gasteiger partial charge in [-0.3, -0.25) is 14.5 Å². The average molecular weight is 444 g/mol. The molecule has 0 unspecified atom stereocenters. The number of para-hydroxylation sites is 2. The summed E-state index contributed by atoms with van der Waals surface area (Å²) in [6.45, 7) is 2.51. The van der Waals surface area contributed by atoms with Gasteiger partial charge in [0, 0.05) is 44.1 Å². The second-order valence-electron chi connectivity index (χ2n) is 7.89. The third-order valence-electron chi connectivity index (χ3n) is 5.95. The largest absolute Gasteiger partial charge is 0.497 e. The number of piperazine rings is 1. The monoisotopic (exact) mass is 444 g/mol. The Kier molecular flexibility index (Phi) is 5.56. The lowest BCUT2D eigenvalue weighted by Crippen LogP contribution is -2.52. The van der Waals surface area contributed by atoms with Crippen LogP contribution >= 0.6 is 0 Å². The SMILES string of the molecule is COc1cccc(N2CCN(C(=O)CN3C(=O)c4cccnc4Oc4ccccc43)CC2)c1. The van der Waals surface area contributed by atoms with Crippen molar-refractivity contribution in [2.45, 2.75) is 0 Å². The molecule has 33 heavy (non-hydrogen) atoms. The molecule has 0 atom stereocenters. The molecule has 3 heterocycles. The summed E-state index contributed by atoms with van der Waals surface area (Å²) in [6, 6.07) is 18.5. The number of aromatic nitrogens is 1. The Hall–Kier alpha value is -4.07. The second-order valence-corrected chi connectivity index (χ2v) is 7.89. The highest BCUT2D eigenvalue weighted by Crippen LogP contribution is 2.37. The fourth-order valence-electron chi connectivity index (χ4n) is 4.17. The number of nitrogens with zero attached hydrogens (tertiary/aromatic N) is 4. The Labute approximate surface area is 192 Å². The summed E-state index contributed by atoms with van der Waals surface area (Å²) in [5.41, 5.74) is 1.97. The topological polar surface area (TPSA) is 75.2 Å². The molecular formula is C25H24N4O4. The summed E-state index contributed by atoms with van der Waals surface area (Å²) < 4.78 is 11.2. The number of anilines is 2. The molecule has 2 aliphatic heterocycles. The van der Waals surface area contributed by atoms with Crippen molar-refractivity contribution >= 4 is 23.2 Å². The predicted octanol–water partition coefficient (Wildman–Crippen LogP) is 3.19. The highest BCUT2D eigenvalue weighted by Gasteiger charge is 2.32. The lowest BCUT2D eigenvalue weighted by molar-refractivity contribution is -0.129. The molecule has 2 amide bonds. The molecule has 1 aromatic heterocycles. The number of carbonyl (C=O) groups is 2. The normalized spacial score (nSPS) is 15.3. The molecule has 0 radical (unpaired) electrons. The lowest BCUT2D eigenvalue weighted by Gasteiger charge is -2.37. The van der Waals surface area contributed by atoms with Gasteiger partial charge in [-0.15, -0.1) is 0 Å². The number of hydrogen-bond acceptors (Lipinski definition) is 6. The Morgan fingerprint density at radius 1 is 1.03 bits per heavy atom. The van der Waals surface area contributed by atoms with Crippen molar-refractivity contribution in [3.05, 3.63) is 72.4 Å². The van der Waals surface area contributed by atoms with Gasteiger partial charge in [0.1, 0.15) is 17.9 Å². The highest BCUT2D eigenvalue weighted by molar-refractivity contribution is 6.11. The summed E-state index contributed by atoms with van der Waals surface area (Å²) in [5, 5.41) is 0. The number of hydrogen-bond donors (Lipinski definition) is 0. The number of carbonyl (C=O) groups excluding carboxylic acids is 2. The summed E-state index contributed by atoms with van der Waals surface area (Å²) in [7, 11) is 1.65. The van der Waals surface area contributed by atoms with Crippen LogP contribution in [0.3, 0.4) is 0 Å². The van der Waals surface area contributed by atoms with E-state index in [0.29, 0.717) is 43.2 Å². The number of amides is 2. The van der Waals surface area contributed by atoms with E-state index < -0.39 is 0 Å². The zero-order valence-electron chi connectivity index (χ0n) is 18.3. The average Bonchev–Trinajstić information content (AvgIpc) is 2.98.